The molecule has 1 aromatic rings. The Morgan fingerprint density at radius 1 is 1.33 bits per heavy atom. The van der Waals surface area contributed by atoms with Crippen LogP contribution >= 0.6 is 0 Å². The zero-order valence-electron chi connectivity index (χ0n) is 8.27. The summed E-state index contributed by atoms with van der Waals surface area (Å²) in [4.78, 5) is 7.78. The smallest absolute Gasteiger partial charge is 0.222 e. The predicted octanol–water partition coefficient (Wildman–Crippen LogP) is -0.980. The molecule has 0 unspecified atom stereocenters. The van der Waals surface area contributed by atoms with Gasteiger partial charge in [-0.15, -0.1) is 0 Å². The monoisotopic (exact) mass is 231 g/mol. The van der Waals surface area contributed by atoms with Crippen molar-refractivity contribution in [3.63, 3.8) is 0 Å². The summed E-state index contributed by atoms with van der Waals surface area (Å²) in [6.45, 7) is 0.698. The van der Waals surface area contributed by atoms with Crippen LogP contribution in [0.4, 0.5) is 11.6 Å². The van der Waals surface area contributed by atoms with Crippen LogP contribution in [0.3, 0.4) is 0 Å². The molecule has 8 heteroatoms. The Morgan fingerprint density at radius 3 is 2.47 bits per heavy atom. The van der Waals surface area contributed by atoms with E-state index in [1.807, 2.05) is 0 Å². The highest BCUT2D eigenvalue weighted by Crippen LogP contribution is 1.99. The average Bonchev–Trinajstić information content (AvgIpc) is 2.14. The van der Waals surface area contributed by atoms with Crippen molar-refractivity contribution in [3.05, 3.63) is 12.4 Å². The van der Waals surface area contributed by atoms with E-state index in [2.05, 4.69) is 20.0 Å². The second-order valence-electron chi connectivity index (χ2n) is 2.93. The predicted molar refractivity (Wildman–Crippen MR) is 57.8 cm³/mol. The Bertz CT molecular complexity index is 402. The lowest BCUT2D eigenvalue weighted by Crippen LogP contribution is -2.27. The van der Waals surface area contributed by atoms with Gasteiger partial charge < -0.3 is 11.1 Å². The minimum atomic E-state index is -3.14. The Morgan fingerprint density at radius 2 is 1.93 bits per heavy atom. The third kappa shape index (κ3) is 5.13. The van der Waals surface area contributed by atoms with Gasteiger partial charge in [0, 0.05) is 13.1 Å². The summed E-state index contributed by atoms with van der Waals surface area (Å²) in [5, 5.41) is 2.84. The van der Waals surface area contributed by atoms with E-state index < -0.39 is 10.0 Å². The molecule has 0 fully saturated rings. The van der Waals surface area contributed by atoms with Crippen molar-refractivity contribution in [2.45, 2.75) is 0 Å². The number of hydrogen-bond acceptors (Lipinski definition) is 6. The molecule has 0 atom stereocenters. The zero-order chi connectivity index (χ0) is 11.3. The first-order valence-corrected chi connectivity index (χ1v) is 6.12. The Hall–Kier alpha value is -1.41. The number of rotatable bonds is 5. The summed E-state index contributed by atoms with van der Waals surface area (Å²) in [6.07, 6.45) is 4.05. The number of nitrogens with zero attached hydrogens (tertiary/aromatic N) is 2. The van der Waals surface area contributed by atoms with Crippen molar-refractivity contribution in [1.82, 2.24) is 14.7 Å². The van der Waals surface area contributed by atoms with Gasteiger partial charge in [-0.1, -0.05) is 0 Å². The van der Waals surface area contributed by atoms with E-state index in [-0.39, 0.29) is 6.54 Å². The van der Waals surface area contributed by atoms with Gasteiger partial charge in [0.2, 0.25) is 16.0 Å². The van der Waals surface area contributed by atoms with Crippen LogP contribution in [0.1, 0.15) is 0 Å². The molecule has 1 heterocycles. The Kier molecular flexibility index (Phi) is 3.81. The molecule has 1 aromatic heterocycles. The lowest BCUT2D eigenvalue weighted by molar-refractivity contribution is 0.589. The minimum Gasteiger partial charge on any atom is -0.396 e. The van der Waals surface area contributed by atoms with E-state index in [9.17, 15) is 8.42 Å². The molecular weight excluding hydrogens is 218 g/mol. The average molecular weight is 231 g/mol. The van der Waals surface area contributed by atoms with Crippen molar-refractivity contribution in [1.29, 1.82) is 0 Å². The van der Waals surface area contributed by atoms with E-state index in [1.54, 1.807) is 0 Å². The van der Waals surface area contributed by atoms with Gasteiger partial charge in [0.25, 0.3) is 0 Å². The van der Waals surface area contributed by atoms with Crippen LogP contribution in [0.2, 0.25) is 0 Å². The first kappa shape index (κ1) is 11.7. The first-order chi connectivity index (χ1) is 6.97. The number of nitrogens with one attached hydrogen (secondary N) is 2. The van der Waals surface area contributed by atoms with Gasteiger partial charge in [-0.25, -0.2) is 23.1 Å². The second kappa shape index (κ2) is 4.89. The fraction of sp³-hybridized carbons (Fsp3) is 0.429. The van der Waals surface area contributed by atoms with Gasteiger partial charge in [-0.3, -0.25) is 0 Å². The Labute approximate surface area is 88.2 Å². The van der Waals surface area contributed by atoms with Crippen LogP contribution in [0.5, 0.6) is 0 Å². The molecule has 15 heavy (non-hydrogen) atoms. The maximum Gasteiger partial charge on any atom is 0.222 e. The molecule has 0 aliphatic heterocycles. The molecule has 0 aromatic carbocycles. The molecule has 0 spiro atoms. The lowest BCUT2D eigenvalue weighted by Gasteiger charge is -2.04. The highest BCUT2D eigenvalue weighted by Gasteiger charge is 1.99. The van der Waals surface area contributed by atoms with E-state index in [0.29, 0.717) is 18.2 Å². The summed E-state index contributed by atoms with van der Waals surface area (Å²) in [5.41, 5.74) is 5.88. The lowest BCUT2D eigenvalue weighted by atomic mass is 10.5. The molecule has 1 rings (SSSR count). The van der Waals surface area contributed by atoms with Crippen LogP contribution < -0.4 is 15.8 Å². The van der Waals surface area contributed by atoms with Crippen LogP contribution in [-0.4, -0.2) is 37.7 Å². The summed E-state index contributed by atoms with van der Waals surface area (Å²) < 4.78 is 23.7. The molecule has 0 aliphatic rings. The SMILES string of the molecule is CS(=O)(=O)NCCNc1ncc(N)cn1. The normalized spacial score (nSPS) is 11.3. The quantitative estimate of drug-likeness (QED) is 0.562. The number of nitrogen functional groups attached to an aromatic ring is 1. The van der Waals surface area contributed by atoms with E-state index in [0.717, 1.165) is 6.26 Å². The van der Waals surface area contributed by atoms with Crippen molar-refractivity contribution in [2.75, 3.05) is 30.4 Å². The largest absolute Gasteiger partial charge is 0.396 e. The third-order valence-corrected chi connectivity index (χ3v) is 2.17. The van der Waals surface area contributed by atoms with Crippen molar-refractivity contribution in [2.24, 2.45) is 0 Å². The summed E-state index contributed by atoms with van der Waals surface area (Å²) in [5.74, 6) is 0.416. The van der Waals surface area contributed by atoms with Gasteiger partial charge in [0.15, 0.2) is 0 Å². The number of anilines is 2. The molecule has 0 saturated heterocycles. The molecule has 0 saturated carbocycles. The summed E-state index contributed by atoms with van der Waals surface area (Å²) in [7, 11) is -3.14. The first-order valence-electron chi connectivity index (χ1n) is 4.23. The highest BCUT2D eigenvalue weighted by atomic mass is 32.2. The Balaban J connectivity index is 2.29. The third-order valence-electron chi connectivity index (χ3n) is 1.44. The number of aromatic nitrogens is 2. The van der Waals surface area contributed by atoms with Gasteiger partial charge in [0.05, 0.1) is 24.3 Å². The molecule has 0 radical (unpaired) electrons. The van der Waals surface area contributed by atoms with Gasteiger partial charge in [0.1, 0.15) is 0 Å². The fourth-order valence-electron chi connectivity index (χ4n) is 0.840. The van der Waals surface area contributed by atoms with Crippen molar-refractivity contribution in [3.8, 4) is 0 Å². The minimum absolute atomic E-state index is 0.284. The summed E-state index contributed by atoms with van der Waals surface area (Å²) >= 11 is 0. The standard InChI is InChI=1S/C7H13N5O2S/c1-15(13,14)12-3-2-9-7-10-4-6(8)5-11-7/h4-5,12H,2-3,8H2,1H3,(H,9,10,11). The fourth-order valence-corrected chi connectivity index (χ4v) is 1.31. The van der Waals surface area contributed by atoms with Crippen molar-refractivity contribution >= 4 is 21.7 Å². The number of nitrogens with two attached hydrogens (primary N) is 1. The van der Waals surface area contributed by atoms with Gasteiger partial charge >= 0.3 is 0 Å². The number of sulfonamides is 1. The zero-order valence-corrected chi connectivity index (χ0v) is 9.08. The van der Waals surface area contributed by atoms with Crippen LogP contribution in [0, 0.1) is 0 Å². The van der Waals surface area contributed by atoms with Crippen molar-refractivity contribution < 1.29 is 8.42 Å². The molecule has 0 bridgehead atoms. The molecule has 0 aliphatic carbocycles. The second-order valence-corrected chi connectivity index (χ2v) is 4.77. The van der Waals surface area contributed by atoms with E-state index >= 15 is 0 Å². The van der Waals surface area contributed by atoms with Crippen LogP contribution in [0.25, 0.3) is 0 Å². The topological polar surface area (TPSA) is 110 Å². The molecule has 7 nitrogen and oxygen atoms in total. The molecule has 84 valence electrons. The van der Waals surface area contributed by atoms with Gasteiger partial charge in [-0.05, 0) is 0 Å². The highest BCUT2D eigenvalue weighted by molar-refractivity contribution is 7.88. The molecule has 0 amide bonds. The van der Waals surface area contributed by atoms with Gasteiger partial charge in [-0.2, -0.15) is 0 Å². The van der Waals surface area contributed by atoms with E-state index in [4.69, 9.17) is 5.73 Å². The van der Waals surface area contributed by atoms with Crippen LogP contribution in [0.15, 0.2) is 12.4 Å². The number of hydrogen-bond donors (Lipinski definition) is 3. The maximum absolute atomic E-state index is 10.7. The van der Waals surface area contributed by atoms with E-state index in [1.165, 1.54) is 12.4 Å². The van der Waals surface area contributed by atoms with Crippen LogP contribution in [-0.2, 0) is 10.0 Å². The molecular formula is C7H13N5O2S. The maximum atomic E-state index is 10.7. The summed E-state index contributed by atoms with van der Waals surface area (Å²) in [6, 6.07) is 0. The molecule has 4 N–H and O–H groups in total.